The smallest absolute Gasteiger partial charge is 0.808 e. The van der Waals surface area contributed by atoms with Gasteiger partial charge in [-0.05, 0) is 24.2 Å². The number of hydrogen-bond donors (Lipinski definition) is 0. The third kappa shape index (κ3) is 7.93. The van der Waals surface area contributed by atoms with Gasteiger partial charge in [-0.3, -0.25) is 0 Å². The van der Waals surface area contributed by atoms with Crippen molar-refractivity contribution in [2.75, 3.05) is 11.9 Å². The Morgan fingerprint density at radius 2 is 1.58 bits per heavy atom. The predicted octanol–water partition coefficient (Wildman–Crippen LogP) is 7.07. The standard InChI is InChI=1S/C18H18N2.C11H8N.Rh/c1-14(19)12-15(2)20(3)18-11-7-10-17(13-18)16-8-5-4-6-9-16;1-2-6-10(7-3-1)11-8-4-5-9-12-11;/h4-10,12-13H,1-3H3;1-6,8-9H;/q-2;-1;+3/b15-12-;;. The van der Waals surface area contributed by atoms with Gasteiger partial charge in [0.25, 0.3) is 0 Å². The summed E-state index contributed by atoms with van der Waals surface area (Å²) in [6.45, 7) is 3.63. The Morgan fingerprint density at radius 3 is 2.21 bits per heavy atom. The van der Waals surface area contributed by atoms with E-state index in [1.807, 2.05) is 85.6 Å². The first-order chi connectivity index (χ1) is 15.5. The molecule has 4 rings (SSSR count). The van der Waals surface area contributed by atoms with Crippen molar-refractivity contribution in [3.05, 3.63) is 127 Å². The van der Waals surface area contributed by atoms with E-state index < -0.39 is 0 Å². The predicted molar refractivity (Wildman–Crippen MR) is 135 cm³/mol. The van der Waals surface area contributed by atoms with Gasteiger partial charge >= 0.3 is 19.5 Å². The molecule has 166 valence electrons. The van der Waals surface area contributed by atoms with Crippen LogP contribution < -0.4 is 4.90 Å². The van der Waals surface area contributed by atoms with Crippen molar-refractivity contribution in [2.45, 2.75) is 13.8 Å². The summed E-state index contributed by atoms with van der Waals surface area (Å²) in [5, 5.41) is 9.35. The van der Waals surface area contributed by atoms with Crippen molar-refractivity contribution in [1.29, 1.82) is 0 Å². The van der Waals surface area contributed by atoms with E-state index >= 15 is 0 Å². The maximum Gasteiger partial charge on any atom is 3.00 e. The fourth-order valence-electron chi connectivity index (χ4n) is 3.12. The second kappa shape index (κ2) is 13.3. The van der Waals surface area contributed by atoms with Crippen LogP contribution in [0.4, 0.5) is 5.69 Å². The van der Waals surface area contributed by atoms with Crippen LogP contribution in [0.2, 0.25) is 0 Å². The van der Waals surface area contributed by atoms with Gasteiger partial charge in [-0.2, -0.15) is 23.9 Å². The van der Waals surface area contributed by atoms with Crippen molar-refractivity contribution in [2.24, 2.45) is 0 Å². The molecule has 0 radical (unpaired) electrons. The van der Waals surface area contributed by atoms with Crippen molar-refractivity contribution in [3.8, 4) is 22.4 Å². The number of hydrogen-bond acceptors (Lipinski definition) is 2. The molecule has 0 aliphatic carbocycles. The molecule has 3 nitrogen and oxygen atoms in total. The Labute approximate surface area is 210 Å². The first-order valence-corrected chi connectivity index (χ1v) is 10.4. The second-order valence-corrected chi connectivity index (χ2v) is 7.31. The van der Waals surface area contributed by atoms with E-state index in [-0.39, 0.29) is 19.5 Å². The first kappa shape index (κ1) is 25.9. The molecule has 1 heterocycles. The number of nitrogens with zero attached hydrogens (tertiary/aromatic N) is 3. The Kier molecular flexibility index (Phi) is 10.4. The minimum atomic E-state index is 0. The molecule has 4 aromatic rings. The van der Waals surface area contributed by atoms with Crippen LogP contribution in [0.3, 0.4) is 0 Å². The Bertz CT molecular complexity index is 1120. The molecule has 0 saturated carbocycles. The summed E-state index contributed by atoms with van der Waals surface area (Å²) in [6.07, 6.45) is 3.53. The molecule has 0 atom stereocenters. The fraction of sp³-hybridized carbons (Fsp3) is 0.103. The van der Waals surface area contributed by atoms with E-state index in [1.165, 1.54) is 5.56 Å². The van der Waals surface area contributed by atoms with Gasteiger partial charge < -0.3 is 15.3 Å². The van der Waals surface area contributed by atoms with E-state index in [0.717, 1.165) is 28.2 Å². The molecule has 0 fully saturated rings. The average molecular weight is 519 g/mol. The van der Waals surface area contributed by atoms with Crippen LogP contribution in [0.15, 0.2) is 109 Å². The number of aromatic nitrogens is 1. The summed E-state index contributed by atoms with van der Waals surface area (Å²) in [7, 11) is 1.97. The van der Waals surface area contributed by atoms with Crippen LogP contribution in [0.1, 0.15) is 13.8 Å². The maximum absolute atomic E-state index is 9.35. The van der Waals surface area contributed by atoms with Crippen molar-refractivity contribution in [3.63, 3.8) is 0 Å². The molecule has 0 spiro atoms. The zero-order valence-electron chi connectivity index (χ0n) is 19.0. The van der Waals surface area contributed by atoms with Gasteiger partial charge in [-0.1, -0.05) is 61.2 Å². The van der Waals surface area contributed by atoms with Gasteiger partial charge in [0.2, 0.25) is 0 Å². The van der Waals surface area contributed by atoms with Crippen LogP contribution in [0.25, 0.3) is 27.8 Å². The molecule has 1 aromatic heterocycles. The van der Waals surface area contributed by atoms with E-state index in [4.69, 9.17) is 0 Å². The maximum atomic E-state index is 9.35. The van der Waals surface area contributed by atoms with Gasteiger partial charge in [0.05, 0.1) is 0 Å². The summed E-state index contributed by atoms with van der Waals surface area (Å²) in [5.74, 6) is 0. The summed E-state index contributed by atoms with van der Waals surface area (Å²) >= 11 is 0. The van der Waals surface area contributed by atoms with Crippen molar-refractivity contribution >= 4 is 11.4 Å². The molecule has 0 amide bonds. The summed E-state index contributed by atoms with van der Waals surface area (Å²) in [6, 6.07) is 36.4. The Hall–Kier alpha value is -3.36. The summed E-state index contributed by atoms with van der Waals surface area (Å²) in [5.41, 5.74) is 6.59. The zero-order chi connectivity index (χ0) is 22.8. The second-order valence-electron chi connectivity index (χ2n) is 7.31. The molecule has 0 aliphatic heterocycles. The molecule has 33 heavy (non-hydrogen) atoms. The zero-order valence-corrected chi connectivity index (χ0v) is 20.6. The molecule has 4 heteroatoms. The van der Waals surface area contributed by atoms with Crippen LogP contribution in [0.5, 0.6) is 0 Å². The molecule has 0 bridgehead atoms. The van der Waals surface area contributed by atoms with Gasteiger partial charge in [-0.15, -0.1) is 47.5 Å². The number of benzene rings is 3. The van der Waals surface area contributed by atoms with Crippen LogP contribution >= 0.6 is 0 Å². The van der Waals surface area contributed by atoms with Gasteiger partial charge in [-0.25, -0.2) is 0 Å². The number of anilines is 1. The Morgan fingerprint density at radius 1 is 0.848 bits per heavy atom. The van der Waals surface area contributed by atoms with Crippen molar-refractivity contribution < 1.29 is 19.5 Å². The molecule has 0 N–H and O–H groups in total. The van der Waals surface area contributed by atoms with E-state index in [1.54, 1.807) is 19.2 Å². The van der Waals surface area contributed by atoms with Crippen molar-refractivity contribution in [1.82, 2.24) is 4.98 Å². The van der Waals surface area contributed by atoms with Crippen LogP contribution in [0, 0.1) is 12.1 Å². The molecule has 3 aromatic carbocycles. The fourth-order valence-corrected chi connectivity index (χ4v) is 3.12. The number of pyridine rings is 1. The SMILES string of the molecule is CC(=[N-])/C=C(/C)N(C)c1[c-]ccc(-c2ccccc2)c1.[Rh+3].[c-]1ccccc1-c1ccccn1. The van der Waals surface area contributed by atoms with E-state index in [2.05, 4.69) is 41.4 Å². The van der Waals surface area contributed by atoms with Gasteiger partial charge in [0, 0.05) is 18.9 Å². The van der Waals surface area contributed by atoms with Gasteiger partial charge in [0.15, 0.2) is 0 Å². The third-order valence-corrected chi connectivity index (χ3v) is 4.85. The summed E-state index contributed by atoms with van der Waals surface area (Å²) < 4.78 is 0. The molecular weight excluding hydrogens is 493 g/mol. The largest absolute Gasteiger partial charge is 3.00 e. The monoisotopic (exact) mass is 519 g/mol. The van der Waals surface area contributed by atoms with E-state index in [0.29, 0.717) is 5.71 Å². The summed E-state index contributed by atoms with van der Waals surface area (Å²) in [4.78, 5) is 6.22. The normalized spacial score (nSPS) is 10.3. The molecule has 0 unspecified atom stereocenters. The first-order valence-electron chi connectivity index (χ1n) is 10.4. The quantitative estimate of drug-likeness (QED) is 0.161. The van der Waals surface area contributed by atoms with Gasteiger partial charge in [0.1, 0.15) is 0 Å². The Balaban J connectivity index is 0.000000253. The van der Waals surface area contributed by atoms with Crippen LogP contribution in [-0.2, 0) is 19.5 Å². The molecule has 0 aliphatic rings. The average Bonchev–Trinajstić information content (AvgIpc) is 2.85. The van der Waals surface area contributed by atoms with Crippen LogP contribution in [-0.4, -0.2) is 17.7 Å². The molecule has 0 saturated heterocycles. The molecular formula is C29H26N3Rh. The minimum absolute atomic E-state index is 0. The third-order valence-electron chi connectivity index (χ3n) is 4.85. The minimum Gasteiger partial charge on any atom is -0.808 e. The topological polar surface area (TPSA) is 38.4 Å². The van der Waals surface area contributed by atoms with E-state index in [9.17, 15) is 5.41 Å². The number of allylic oxidation sites excluding steroid dienone is 2. The number of rotatable bonds is 5.